The number of ether oxygens (including phenoxy) is 1. The van der Waals surface area contributed by atoms with Crippen LogP contribution in [0, 0.1) is 11.8 Å². The summed E-state index contributed by atoms with van der Waals surface area (Å²) >= 11 is 0. The maximum absolute atomic E-state index is 14.6. The number of likely N-dealkylation sites (tertiary alicyclic amines) is 1. The zero-order valence-electron chi connectivity index (χ0n) is 25.7. The van der Waals surface area contributed by atoms with Crippen molar-refractivity contribution in [3.8, 4) is 0 Å². The third kappa shape index (κ3) is 7.25. The standard InChI is InChI=1S/C30H39F5N4O6/c1-17(2)22(36)28(44)39(23(18(3)4)24(40)29(31,32)30(33,34)35)14-6-5-7-21(39)26(42)37-25(41)19-8-10-20(11-9-19)27(43)38-12-15-45-16-13-38/h8-11,17-18,21-23H,5-7,12-16,36H2,1-4H3/p+1/t21?,22-,23?,39?/m0/s1. The molecule has 4 atom stereocenters. The molecule has 0 spiro atoms. The van der Waals surface area contributed by atoms with Gasteiger partial charge in [-0.25, -0.2) is 9.28 Å². The number of benzene rings is 1. The van der Waals surface area contributed by atoms with Crippen molar-refractivity contribution in [1.82, 2.24) is 10.2 Å². The van der Waals surface area contributed by atoms with Gasteiger partial charge in [0.1, 0.15) is 6.04 Å². The van der Waals surface area contributed by atoms with Crippen LogP contribution in [0.1, 0.15) is 67.7 Å². The Morgan fingerprint density at radius 3 is 1.98 bits per heavy atom. The summed E-state index contributed by atoms with van der Waals surface area (Å²) in [5, 5.41) is 2.14. The van der Waals surface area contributed by atoms with Crippen LogP contribution >= 0.6 is 0 Å². The van der Waals surface area contributed by atoms with Crippen LogP contribution in [0.5, 0.6) is 0 Å². The highest BCUT2D eigenvalue weighted by atomic mass is 19.4. The van der Waals surface area contributed by atoms with Gasteiger partial charge in [-0.15, -0.1) is 0 Å². The number of hydrogen-bond acceptors (Lipinski definition) is 7. The minimum atomic E-state index is -6.25. The summed E-state index contributed by atoms with van der Waals surface area (Å²) in [6.07, 6.45) is -6.04. The second-order valence-corrected chi connectivity index (χ2v) is 12.2. The van der Waals surface area contributed by atoms with E-state index in [0.29, 0.717) is 26.3 Å². The summed E-state index contributed by atoms with van der Waals surface area (Å²) < 4.78 is 73.5. The fourth-order valence-corrected chi connectivity index (χ4v) is 6.08. The number of quaternary nitrogens is 1. The quantitative estimate of drug-likeness (QED) is 0.239. The normalized spacial score (nSPS) is 22.6. The molecule has 0 aliphatic carbocycles. The number of nitrogens with two attached hydrogens (primary N) is 1. The molecule has 2 heterocycles. The van der Waals surface area contributed by atoms with Gasteiger partial charge in [0.25, 0.3) is 23.5 Å². The van der Waals surface area contributed by atoms with Crippen molar-refractivity contribution >= 4 is 29.4 Å². The minimum absolute atomic E-state index is 0.0546. The Bertz CT molecular complexity index is 1280. The third-order valence-corrected chi connectivity index (χ3v) is 8.52. The van der Waals surface area contributed by atoms with Gasteiger partial charge in [-0.1, -0.05) is 27.7 Å². The molecule has 2 aliphatic heterocycles. The van der Waals surface area contributed by atoms with Crippen LogP contribution in [-0.4, -0.2) is 102 Å². The number of alkyl halides is 5. The van der Waals surface area contributed by atoms with Gasteiger partial charge in [0.2, 0.25) is 0 Å². The predicted molar refractivity (Wildman–Crippen MR) is 151 cm³/mol. The molecular weight excluding hydrogens is 607 g/mol. The number of rotatable bonds is 9. The number of nitrogens with one attached hydrogen (secondary N) is 1. The van der Waals surface area contributed by atoms with Crippen molar-refractivity contribution in [2.24, 2.45) is 17.6 Å². The molecule has 1 aromatic rings. The minimum Gasteiger partial charge on any atom is -0.378 e. The van der Waals surface area contributed by atoms with E-state index in [0.717, 1.165) is 0 Å². The average Bonchev–Trinajstić information content (AvgIpc) is 2.99. The van der Waals surface area contributed by atoms with Gasteiger partial charge in [0.15, 0.2) is 12.1 Å². The molecule has 0 saturated carbocycles. The molecule has 2 saturated heterocycles. The Labute approximate surface area is 258 Å². The van der Waals surface area contributed by atoms with Crippen LogP contribution in [0.4, 0.5) is 22.0 Å². The molecule has 0 aromatic heterocycles. The zero-order chi connectivity index (χ0) is 33.9. The fourth-order valence-electron chi connectivity index (χ4n) is 6.08. The molecule has 2 aliphatic rings. The summed E-state index contributed by atoms with van der Waals surface area (Å²) in [5.41, 5.74) is 6.36. The highest BCUT2D eigenvalue weighted by molar-refractivity contribution is 6.07. The number of amides is 4. The van der Waals surface area contributed by atoms with E-state index in [1.807, 2.05) is 0 Å². The molecule has 250 valence electrons. The van der Waals surface area contributed by atoms with Crippen molar-refractivity contribution in [3.63, 3.8) is 0 Å². The predicted octanol–water partition coefficient (Wildman–Crippen LogP) is 3.09. The molecule has 15 heteroatoms. The molecule has 10 nitrogen and oxygen atoms in total. The van der Waals surface area contributed by atoms with Crippen LogP contribution in [0.2, 0.25) is 0 Å². The fraction of sp³-hybridized carbons (Fsp3) is 0.633. The maximum Gasteiger partial charge on any atom is 0.461 e. The lowest BCUT2D eigenvalue weighted by Crippen LogP contribution is -2.77. The first-order chi connectivity index (χ1) is 20.9. The van der Waals surface area contributed by atoms with Crippen LogP contribution < -0.4 is 11.1 Å². The van der Waals surface area contributed by atoms with Crippen LogP contribution in [0.25, 0.3) is 0 Å². The first-order valence-electron chi connectivity index (χ1n) is 14.9. The molecule has 3 N–H and O–H groups in total. The molecule has 0 bridgehead atoms. The number of imide groups is 1. The molecule has 4 amide bonds. The molecule has 1 aromatic carbocycles. The lowest BCUT2D eigenvalue weighted by Gasteiger charge is -2.51. The summed E-state index contributed by atoms with van der Waals surface area (Å²) in [7, 11) is 0. The van der Waals surface area contributed by atoms with Crippen molar-refractivity contribution < 1.29 is 55.1 Å². The first kappa shape index (κ1) is 36.2. The SMILES string of the molecule is CC(C)C(C(=O)C(F)(F)C(F)(F)F)[N+]1(C(=O)[C@@H](N)C(C)C)CCCCC1C(=O)NC(=O)c1ccc(C(=O)N2CCOCC2)cc1. The molecule has 3 rings (SSSR count). The van der Waals surface area contributed by atoms with Gasteiger partial charge in [0, 0.05) is 36.6 Å². The van der Waals surface area contributed by atoms with Crippen molar-refractivity contribution in [2.75, 3.05) is 32.8 Å². The summed E-state index contributed by atoms with van der Waals surface area (Å²) in [6.45, 7) is 6.66. The summed E-state index contributed by atoms with van der Waals surface area (Å²) in [4.78, 5) is 68.4. The van der Waals surface area contributed by atoms with E-state index in [-0.39, 0.29) is 36.3 Å². The van der Waals surface area contributed by atoms with E-state index < -0.39 is 76.6 Å². The lowest BCUT2D eigenvalue weighted by molar-refractivity contribution is -0.895. The van der Waals surface area contributed by atoms with Crippen LogP contribution in [0.3, 0.4) is 0 Å². The van der Waals surface area contributed by atoms with Crippen LogP contribution in [-0.2, 0) is 19.1 Å². The number of morpholine rings is 1. The Hall–Kier alpha value is -3.30. The number of hydrogen-bond donors (Lipinski definition) is 2. The number of halogens is 5. The number of carbonyl (C=O) groups excluding carboxylic acids is 5. The Balaban J connectivity index is 1.99. The van der Waals surface area contributed by atoms with Crippen LogP contribution in [0.15, 0.2) is 24.3 Å². The van der Waals surface area contributed by atoms with Gasteiger partial charge < -0.3 is 15.4 Å². The van der Waals surface area contributed by atoms with Gasteiger partial charge in [0.05, 0.1) is 19.8 Å². The Kier molecular flexibility index (Phi) is 11.2. The van der Waals surface area contributed by atoms with E-state index in [2.05, 4.69) is 5.32 Å². The molecular formula is C30H40F5N4O6+. The Morgan fingerprint density at radius 2 is 1.47 bits per heavy atom. The highest BCUT2D eigenvalue weighted by Crippen LogP contribution is 2.43. The number of piperidine rings is 1. The van der Waals surface area contributed by atoms with E-state index in [9.17, 15) is 45.9 Å². The van der Waals surface area contributed by atoms with E-state index in [4.69, 9.17) is 10.5 Å². The lowest BCUT2D eigenvalue weighted by atomic mass is 9.83. The number of nitrogens with zero attached hydrogens (tertiary/aromatic N) is 2. The van der Waals surface area contributed by atoms with Crippen molar-refractivity contribution in [1.29, 1.82) is 0 Å². The van der Waals surface area contributed by atoms with E-state index in [1.165, 1.54) is 52.0 Å². The number of Topliss-reactive ketones (excluding diaryl/α,β-unsaturated/α-hetero) is 1. The highest BCUT2D eigenvalue weighted by Gasteiger charge is 2.70. The van der Waals surface area contributed by atoms with E-state index >= 15 is 0 Å². The second-order valence-electron chi connectivity index (χ2n) is 12.2. The molecule has 0 radical (unpaired) electrons. The molecule has 3 unspecified atom stereocenters. The maximum atomic E-state index is 14.6. The smallest absolute Gasteiger partial charge is 0.378 e. The van der Waals surface area contributed by atoms with Gasteiger partial charge in [-0.05, 0) is 43.0 Å². The first-order valence-corrected chi connectivity index (χ1v) is 14.9. The Morgan fingerprint density at radius 1 is 0.911 bits per heavy atom. The summed E-state index contributed by atoms with van der Waals surface area (Å²) in [5.74, 6) is -13.6. The topological polar surface area (TPSA) is 136 Å². The third-order valence-electron chi connectivity index (χ3n) is 8.52. The largest absolute Gasteiger partial charge is 0.461 e. The summed E-state index contributed by atoms with van der Waals surface area (Å²) in [6, 6.07) is -0.0175. The van der Waals surface area contributed by atoms with E-state index in [1.54, 1.807) is 4.90 Å². The number of carbonyl (C=O) groups is 5. The zero-order valence-corrected chi connectivity index (χ0v) is 25.7. The molecule has 2 fully saturated rings. The van der Waals surface area contributed by atoms with Crippen molar-refractivity contribution in [2.45, 2.75) is 77.2 Å². The van der Waals surface area contributed by atoms with Gasteiger partial charge in [-0.2, -0.15) is 22.0 Å². The molecule has 45 heavy (non-hydrogen) atoms. The number of ketones is 1. The van der Waals surface area contributed by atoms with Gasteiger partial charge >= 0.3 is 18.0 Å². The van der Waals surface area contributed by atoms with Gasteiger partial charge in [-0.3, -0.25) is 24.5 Å². The van der Waals surface area contributed by atoms with Crippen molar-refractivity contribution in [3.05, 3.63) is 35.4 Å². The second kappa shape index (κ2) is 14.0. The monoisotopic (exact) mass is 647 g/mol. The average molecular weight is 648 g/mol.